The maximum Gasteiger partial charge on any atom is 0.357 e. The third-order valence-corrected chi connectivity index (χ3v) is 3.24. The van der Waals surface area contributed by atoms with Crippen LogP contribution in [0.15, 0.2) is 5.51 Å². The lowest BCUT2D eigenvalue weighted by Crippen LogP contribution is -2.33. The molecular weight excluding hydrogens is 200 g/mol. The summed E-state index contributed by atoms with van der Waals surface area (Å²) in [5.41, 5.74) is 1.71. The summed E-state index contributed by atoms with van der Waals surface area (Å²) in [6.07, 6.45) is 2.24. The van der Waals surface area contributed by atoms with E-state index < -0.39 is 5.97 Å². The van der Waals surface area contributed by atoms with Gasteiger partial charge >= 0.3 is 5.97 Å². The fraction of sp³-hybridized carbons (Fsp3) is 0.556. The second-order valence-electron chi connectivity index (χ2n) is 3.75. The van der Waals surface area contributed by atoms with Crippen molar-refractivity contribution in [2.45, 2.75) is 25.8 Å². The van der Waals surface area contributed by atoms with Gasteiger partial charge in [-0.2, -0.15) is 0 Å². The van der Waals surface area contributed by atoms with Gasteiger partial charge in [0.25, 0.3) is 0 Å². The van der Waals surface area contributed by atoms with Crippen molar-refractivity contribution in [3.63, 3.8) is 0 Å². The number of rotatable bonds is 3. The van der Waals surface area contributed by atoms with Gasteiger partial charge in [0.1, 0.15) is 5.00 Å². The van der Waals surface area contributed by atoms with E-state index in [1.54, 1.807) is 5.51 Å². The van der Waals surface area contributed by atoms with Gasteiger partial charge in [0.2, 0.25) is 0 Å². The number of carboxylic acids is 1. The molecule has 1 aliphatic carbocycles. The van der Waals surface area contributed by atoms with Crippen molar-refractivity contribution >= 4 is 22.3 Å². The maximum atomic E-state index is 10.7. The molecule has 0 unspecified atom stereocenters. The van der Waals surface area contributed by atoms with E-state index in [2.05, 4.69) is 17.2 Å². The smallest absolute Gasteiger partial charge is 0.357 e. The molecule has 5 heteroatoms. The molecule has 1 saturated carbocycles. The SMILES string of the molecule is CC1CC(Nc2scnc2C(=O)O)C1. The average molecular weight is 212 g/mol. The molecule has 0 aromatic carbocycles. The summed E-state index contributed by atoms with van der Waals surface area (Å²) in [7, 11) is 0. The van der Waals surface area contributed by atoms with E-state index >= 15 is 0 Å². The number of aromatic carboxylic acids is 1. The first kappa shape index (κ1) is 9.45. The van der Waals surface area contributed by atoms with Gasteiger partial charge in [0.15, 0.2) is 5.69 Å². The molecule has 76 valence electrons. The normalized spacial score (nSPS) is 25.5. The van der Waals surface area contributed by atoms with E-state index in [9.17, 15) is 4.79 Å². The van der Waals surface area contributed by atoms with Crippen LogP contribution in [0.3, 0.4) is 0 Å². The Hall–Kier alpha value is -1.10. The Balaban J connectivity index is 2.02. The molecule has 0 spiro atoms. The number of nitrogens with one attached hydrogen (secondary N) is 1. The van der Waals surface area contributed by atoms with E-state index in [4.69, 9.17) is 5.11 Å². The fourth-order valence-corrected chi connectivity index (χ4v) is 2.46. The standard InChI is InChI=1S/C9H12N2O2S/c1-5-2-6(3-5)11-8-7(9(12)13)10-4-14-8/h4-6,11H,2-3H2,1H3,(H,12,13). The van der Waals surface area contributed by atoms with Crippen molar-refractivity contribution in [1.82, 2.24) is 4.98 Å². The molecule has 0 amide bonds. The van der Waals surface area contributed by atoms with Crippen LogP contribution in [-0.2, 0) is 0 Å². The molecule has 1 aliphatic rings. The minimum Gasteiger partial charge on any atom is -0.476 e. The predicted molar refractivity (Wildman–Crippen MR) is 54.9 cm³/mol. The van der Waals surface area contributed by atoms with Crippen LogP contribution < -0.4 is 5.32 Å². The summed E-state index contributed by atoms with van der Waals surface area (Å²) in [6.45, 7) is 2.20. The zero-order chi connectivity index (χ0) is 10.1. The van der Waals surface area contributed by atoms with E-state index in [0.717, 1.165) is 18.8 Å². The maximum absolute atomic E-state index is 10.7. The molecule has 1 aromatic rings. The molecule has 2 N–H and O–H groups in total. The summed E-state index contributed by atoms with van der Waals surface area (Å²) >= 11 is 1.35. The zero-order valence-electron chi connectivity index (χ0n) is 7.86. The van der Waals surface area contributed by atoms with Crippen molar-refractivity contribution in [3.05, 3.63) is 11.2 Å². The summed E-state index contributed by atoms with van der Waals surface area (Å²) in [5, 5.41) is 12.7. The Morgan fingerprint density at radius 2 is 2.43 bits per heavy atom. The highest BCUT2D eigenvalue weighted by atomic mass is 32.1. The lowest BCUT2D eigenvalue weighted by atomic mass is 9.82. The van der Waals surface area contributed by atoms with Crippen LogP contribution in [0, 0.1) is 5.92 Å². The number of carbonyl (C=O) groups is 1. The highest BCUT2D eigenvalue weighted by Gasteiger charge is 2.27. The van der Waals surface area contributed by atoms with Gasteiger partial charge < -0.3 is 10.4 Å². The van der Waals surface area contributed by atoms with Gasteiger partial charge in [0.05, 0.1) is 5.51 Å². The second kappa shape index (κ2) is 3.57. The fourth-order valence-electron chi connectivity index (χ4n) is 1.71. The first-order valence-electron chi connectivity index (χ1n) is 4.60. The molecule has 1 fully saturated rings. The van der Waals surface area contributed by atoms with Gasteiger partial charge in [-0.05, 0) is 18.8 Å². The number of thiazole rings is 1. The topological polar surface area (TPSA) is 62.2 Å². The third kappa shape index (κ3) is 1.72. The number of hydrogen-bond donors (Lipinski definition) is 2. The van der Waals surface area contributed by atoms with Gasteiger partial charge in [-0.1, -0.05) is 6.92 Å². The number of hydrogen-bond acceptors (Lipinski definition) is 4. The summed E-state index contributed by atoms with van der Waals surface area (Å²) in [6, 6.07) is 0.434. The summed E-state index contributed by atoms with van der Waals surface area (Å²) in [4.78, 5) is 14.5. The van der Waals surface area contributed by atoms with Crippen LogP contribution in [0.5, 0.6) is 0 Å². The minimum absolute atomic E-state index is 0.148. The molecule has 0 atom stereocenters. The lowest BCUT2D eigenvalue weighted by Gasteiger charge is -2.33. The Morgan fingerprint density at radius 1 is 1.71 bits per heavy atom. The van der Waals surface area contributed by atoms with Crippen molar-refractivity contribution in [3.8, 4) is 0 Å². The van der Waals surface area contributed by atoms with Crippen LogP contribution in [-0.4, -0.2) is 22.1 Å². The summed E-state index contributed by atoms with van der Waals surface area (Å²) < 4.78 is 0. The minimum atomic E-state index is -0.957. The first-order chi connectivity index (χ1) is 6.66. The molecule has 0 saturated heterocycles. The number of anilines is 1. The third-order valence-electron chi connectivity index (χ3n) is 2.48. The van der Waals surface area contributed by atoms with Crippen molar-refractivity contribution in [2.24, 2.45) is 5.92 Å². The van der Waals surface area contributed by atoms with Crippen LogP contribution in [0.25, 0.3) is 0 Å². The monoisotopic (exact) mass is 212 g/mol. The molecule has 0 bridgehead atoms. The van der Waals surface area contributed by atoms with Crippen LogP contribution in [0.2, 0.25) is 0 Å². The Kier molecular flexibility index (Phi) is 2.41. The van der Waals surface area contributed by atoms with Gasteiger partial charge in [0, 0.05) is 6.04 Å². The highest BCUT2D eigenvalue weighted by Crippen LogP contribution is 2.31. The van der Waals surface area contributed by atoms with Crippen molar-refractivity contribution < 1.29 is 9.90 Å². The Morgan fingerprint density at radius 3 is 3.00 bits per heavy atom. The number of carboxylic acid groups (broad SMARTS) is 1. The van der Waals surface area contributed by atoms with Gasteiger partial charge in [-0.25, -0.2) is 9.78 Å². The quantitative estimate of drug-likeness (QED) is 0.805. The molecule has 1 heterocycles. The number of nitrogens with zero attached hydrogens (tertiary/aromatic N) is 1. The van der Waals surface area contributed by atoms with E-state index in [1.807, 2.05) is 0 Å². The predicted octanol–water partition coefficient (Wildman–Crippen LogP) is 2.05. The van der Waals surface area contributed by atoms with Crippen molar-refractivity contribution in [1.29, 1.82) is 0 Å². The average Bonchev–Trinajstić information content (AvgIpc) is 2.49. The molecule has 14 heavy (non-hydrogen) atoms. The van der Waals surface area contributed by atoms with Crippen molar-refractivity contribution in [2.75, 3.05) is 5.32 Å². The highest BCUT2D eigenvalue weighted by molar-refractivity contribution is 7.14. The van der Waals surface area contributed by atoms with E-state index in [-0.39, 0.29) is 5.69 Å². The Labute approximate surface area is 86.0 Å². The van der Waals surface area contributed by atoms with E-state index in [0.29, 0.717) is 11.0 Å². The van der Waals surface area contributed by atoms with Crippen LogP contribution in [0.1, 0.15) is 30.3 Å². The molecule has 1 aromatic heterocycles. The Bertz CT molecular complexity index is 344. The zero-order valence-corrected chi connectivity index (χ0v) is 8.67. The largest absolute Gasteiger partial charge is 0.476 e. The first-order valence-corrected chi connectivity index (χ1v) is 5.48. The number of aromatic nitrogens is 1. The molecule has 0 aliphatic heterocycles. The van der Waals surface area contributed by atoms with Crippen LogP contribution in [0.4, 0.5) is 5.00 Å². The van der Waals surface area contributed by atoms with E-state index in [1.165, 1.54) is 11.3 Å². The summed E-state index contributed by atoms with van der Waals surface area (Å²) in [5.74, 6) is -0.199. The lowest BCUT2D eigenvalue weighted by molar-refractivity contribution is 0.0692. The van der Waals surface area contributed by atoms with Gasteiger partial charge in [-0.3, -0.25) is 0 Å². The molecular formula is C9H12N2O2S. The second-order valence-corrected chi connectivity index (χ2v) is 4.61. The molecule has 0 radical (unpaired) electrons. The van der Waals surface area contributed by atoms with Crippen LogP contribution >= 0.6 is 11.3 Å². The van der Waals surface area contributed by atoms with Gasteiger partial charge in [-0.15, -0.1) is 11.3 Å². The molecule has 2 rings (SSSR count). The molecule has 4 nitrogen and oxygen atoms in total.